The Bertz CT molecular complexity index is 533. The molecule has 1 atom stereocenters. The molecule has 1 aromatic carbocycles. The number of hydrogen-bond donors (Lipinski definition) is 3. The number of urea groups is 1. The first-order chi connectivity index (χ1) is 10.0. The van der Waals surface area contributed by atoms with Gasteiger partial charge >= 0.3 is 12.0 Å². The lowest BCUT2D eigenvalue weighted by Gasteiger charge is -2.27. The van der Waals surface area contributed by atoms with E-state index < -0.39 is 5.97 Å². The molecule has 5 nitrogen and oxygen atoms in total. The Hall–Kier alpha value is -2.30. The fraction of sp³-hybridized carbons (Fsp3) is 0.375. The summed E-state index contributed by atoms with van der Waals surface area (Å²) in [5.41, 5.74) is 1.79. The van der Waals surface area contributed by atoms with Crippen molar-refractivity contribution in [2.24, 2.45) is 0 Å². The summed E-state index contributed by atoms with van der Waals surface area (Å²) in [6, 6.07) is 7.52. The van der Waals surface area contributed by atoms with Crippen LogP contribution in [0.15, 0.2) is 30.3 Å². The third-order valence-electron chi connectivity index (χ3n) is 3.64. The number of amides is 2. The van der Waals surface area contributed by atoms with Gasteiger partial charge in [0.1, 0.15) is 0 Å². The van der Waals surface area contributed by atoms with E-state index in [1.165, 1.54) is 12.5 Å². The highest BCUT2D eigenvalue weighted by atomic mass is 16.4. The molecule has 5 heteroatoms. The smallest absolute Gasteiger partial charge is 0.328 e. The number of hydrogen-bond acceptors (Lipinski definition) is 2. The van der Waals surface area contributed by atoms with Crippen molar-refractivity contribution in [2.75, 3.05) is 0 Å². The molecule has 1 saturated carbocycles. The quantitative estimate of drug-likeness (QED) is 0.729. The average molecular weight is 288 g/mol. The second-order valence-electron chi connectivity index (χ2n) is 5.31. The summed E-state index contributed by atoms with van der Waals surface area (Å²) in [4.78, 5) is 22.2. The molecule has 2 amide bonds. The van der Waals surface area contributed by atoms with Crippen LogP contribution in [-0.2, 0) is 4.79 Å². The van der Waals surface area contributed by atoms with E-state index in [9.17, 15) is 9.59 Å². The fourth-order valence-corrected chi connectivity index (χ4v) is 2.12. The maximum Gasteiger partial charge on any atom is 0.328 e. The van der Waals surface area contributed by atoms with Crippen LogP contribution >= 0.6 is 0 Å². The van der Waals surface area contributed by atoms with Crippen LogP contribution in [0.2, 0.25) is 0 Å². The van der Waals surface area contributed by atoms with E-state index in [1.807, 2.05) is 31.2 Å². The Kier molecular flexibility index (Phi) is 4.98. The van der Waals surface area contributed by atoms with E-state index in [4.69, 9.17) is 5.11 Å². The van der Waals surface area contributed by atoms with Gasteiger partial charge in [-0.1, -0.05) is 24.3 Å². The number of benzene rings is 1. The topological polar surface area (TPSA) is 78.4 Å². The van der Waals surface area contributed by atoms with Gasteiger partial charge in [0.25, 0.3) is 0 Å². The van der Waals surface area contributed by atoms with E-state index in [0.717, 1.165) is 30.0 Å². The first-order valence-corrected chi connectivity index (χ1v) is 7.12. The first kappa shape index (κ1) is 15.1. The van der Waals surface area contributed by atoms with Gasteiger partial charge in [-0.3, -0.25) is 0 Å². The second-order valence-corrected chi connectivity index (χ2v) is 5.31. The summed E-state index contributed by atoms with van der Waals surface area (Å²) < 4.78 is 0. The molecule has 1 aromatic rings. The van der Waals surface area contributed by atoms with E-state index in [0.29, 0.717) is 6.04 Å². The van der Waals surface area contributed by atoms with Gasteiger partial charge in [-0.2, -0.15) is 0 Å². The summed E-state index contributed by atoms with van der Waals surface area (Å²) in [6.45, 7) is 1.92. The largest absolute Gasteiger partial charge is 0.478 e. The van der Waals surface area contributed by atoms with Crippen LogP contribution in [0.5, 0.6) is 0 Å². The number of carboxylic acids is 1. The molecule has 0 aliphatic heterocycles. The van der Waals surface area contributed by atoms with E-state index in [1.54, 1.807) is 0 Å². The van der Waals surface area contributed by atoms with Crippen LogP contribution in [0.4, 0.5) is 4.79 Å². The Morgan fingerprint density at radius 3 is 2.48 bits per heavy atom. The highest BCUT2D eigenvalue weighted by Crippen LogP contribution is 2.18. The number of rotatable bonds is 5. The molecule has 1 aliphatic rings. The number of aliphatic carboxylic acids is 1. The molecular weight excluding hydrogens is 268 g/mol. The fourth-order valence-electron chi connectivity index (χ4n) is 2.12. The second kappa shape index (κ2) is 6.92. The minimum absolute atomic E-state index is 0.0948. The standard InChI is InChI=1S/C16H20N2O3/c1-11(17-16(21)18-14-3-2-4-14)13-8-5-12(6-9-13)7-10-15(19)20/h5-11,14H,2-4H2,1H3,(H,19,20)(H2,17,18,21)/b10-7+. The van der Waals surface area contributed by atoms with Crippen LogP contribution in [0.25, 0.3) is 6.08 Å². The zero-order chi connectivity index (χ0) is 15.2. The van der Waals surface area contributed by atoms with Crippen molar-refractivity contribution in [2.45, 2.75) is 38.3 Å². The lowest BCUT2D eigenvalue weighted by molar-refractivity contribution is -0.131. The van der Waals surface area contributed by atoms with Crippen LogP contribution in [0.3, 0.4) is 0 Å². The summed E-state index contributed by atoms with van der Waals surface area (Å²) in [7, 11) is 0. The molecule has 0 saturated heterocycles. The zero-order valence-electron chi connectivity index (χ0n) is 12.0. The summed E-state index contributed by atoms with van der Waals surface area (Å²) >= 11 is 0. The minimum atomic E-state index is -0.971. The van der Waals surface area contributed by atoms with Crippen molar-refractivity contribution in [3.05, 3.63) is 41.5 Å². The zero-order valence-corrected chi connectivity index (χ0v) is 12.0. The Labute approximate surface area is 124 Å². The molecule has 0 spiro atoms. The average Bonchev–Trinajstić information content (AvgIpc) is 2.41. The Morgan fingerprint density at radius 2 is 1.95 bits per heavy atom. The van der Waals surface area contributed by atoms with Gasteiger partial charge in [-0.05, 0) is 43.4 Å². The highest BCUT2D eigenvalue weighted by molar-refractivity contribution is 5.85. The maximum atomic E-state index is 11.8. The molecular formula is C16H20N2O3. The summed E-state index contributed by atoms with van der Waals surface area (Å²) in [5, 5.41) is 14.4. The predicted octanol–water partition coefficient (Wildman–Crippen LogP) is 2.70. The van der Waals surface area contributed by atoms with E-state index >= 15 is 0 Å². The maximum absolute atomic E-state index is 11.8. The monoisotopic (exact) mass is 288 g/mol. The molecule has 112 valence electrons. The molecule has 0 heterocycles. The minimum Gasteiger partial charge on any atom is -0.478 e. The van der Waals surface area contributed by atoms with Crippen molar-refractivity contribution in [3.63, 3.8) is 0 Å². The lowest BCUT2D eigenvalue weighted by Crippen LogP contribution is -2.45. The van der Waals surface area contributed by atoms with Crippen LogP contribution in [0, 0.1) is 0 Å². The molecule has 1 fully saturated rings. The van der Waals surface area contributed by atoms with Crippen molar-refractivity contribution < 1.29 is 14.7 Å². The van der Waals surface area contributed by atoms with Crippen LogP contribution in [0.1, 0.15) is 43.4 Å². The number of carboxylic acid groups (broad SMARTS) is 1. The lowest BCUT2D eigenvalue weighted by atomic mass is 9.93. The third kappa shape index (κ3) is 4.63. The summed E-state index contributed by atoms with van der Waals surface area (Å²) in [5.74, 6) is -0.971. The molecule has 3 N–H and O–H groups in total. The summed E-state index contributed by atoms with van der Waals surface area (Å²) in [6.07, 6.45) is 5.95. The van der Waals surface area contributed by atoms with Crippen LogP contribution < -0.4 is 10.6 Å². The van der Waals surface area contributed by atoms with Crippen molar-refractivity contribution >= 4 is 18.1 Å². The molecule has 0 radical (unpaired) electrons. The van der Waals surface area contributed by atoms with Crippen molar-refractivity contribution in [3.8, 4) is 0 Å². The molecule has 1 aliphatic carbocycles. The highest BCUT2D eigenvalue weighted by Gasteiger charge is 2.20. The van der Waals surface area contributed by atoms with Crippen LogP contribution in [-0.4, -0.2) is 23.1 Å². The number of carbonyl (C=O) groups excluding carboxylic acids is 1. The SMILES string of the molecule is CC(NC(=O)NC1CCC1)c1ccc(/C=C/C(=O)O)cc1. The van der Waals surface area contributed by atoms with Gasteiger partial charge in [0, 0.05) is 12.1 Å². The molecule has 0 bridgehead atoms. The van der Waals surface area contributed by atoms with Crippen molar-refractivity contribution in [1.82, 2.24) is 10.6 Å². The van der Waals surface area contributed by atoms with Gasteiger partial charge in [0.05, 0.1) is 6.04 Å². The number of carbonyl (C=O) groups is 2. The number of nitrogens with one attached hydrogen (secondary N) is 2. The van der Waals surface area contributed by atoms with Gasteiger partial charge in [0.2, 0.25) is 0 Å². The van der Waals surface area contributed by atoms with Gasteiger partial charge < -0.3 is 15.7 Å². The Balaban J connectivity index is 1.88. The molecule has 2 rings (SSSR count). The van der Waals surface area contributed by atoms with Gasteiger partial charge in [-0.25, -0.2) is 9.59 Å². The van der Waals surface area contributed by atoms with Gasteiger partial charge in [-0.15, -0.1) is 0 Å². The Morgan fingerprint density at radius 1 is 1.29 bits per heavy atom. The normalized spacial score (nSPS) is 16.2. The third-order valence-corrected chi connectivity index (χ3v) is 3.64. The first-order valence-electron chi connectivity index (χ1n) is 7.12. The van der Waals surface area contributed by atoms with E-state index in [2.05, 4.69) is 10.6 Å². The van der Waals surface area contributed by atoms with Gasteiger partial charge in [0.15, 0.2) is 0 Å². The molecule has 1 unspecified atom stereocenters. The van der Waals surface area contributed by atoms with Crippen molar-refractivity contribution in [1.29, 1.82) is 0 Å². The predicted molar refractivity (Wildman–Crippen MR) is 80.8 cm³/mol. The molecule has 0 aromatic heterocycles. The van der Waals surface area contributed by atoms with E-state index in [-0.39, 0.29) is 12.1 Å². The molecule has 21 heavy (non-hydrogen) atoms.